The number of hydrogen-bond donors (Lipinski definition) is 3. The minimum Gasteiger partial charge on any atom is -0.379 e. The zero-order chi connectivity index (χ0) is 36.8. The van der Waals surface area contributed by atoms with Crippen molar-refractivity contribution >= 4 is 23.6 Å². The van der Waals surface area contributed by atoms with E-state index in [9.17, 15) is 19.2 Å². The van der Waals surface area contributed by atoms with E-state index in [0.717, 1.165) is 31.2 Å². The summed E-state index contributed by atoms with van der Waals surface area (Å²) in [6, 6.07) is 8.17. The second-order valence-corrected chi connectivity index (χ2v) is 14.4. The summed E-state index contributed by atoms with van der Waals surface area (Å²) in [6.07, 6.45) is 2.06. The van der Waals surface area contributed by atoms with E-state index in [1.807, 2.05) is 69.9 Å². The number of benzene rings is 1. The molecular weight excluding hydrogens is 622 g/mol. The first-order valence-electron chi connectivity index (χ1n) is 18.1. The van der Waals surface area contributed by atoms with Gasteiger partial charge in [0.25, 0.3) is 0 Å². The Kier molecular flexibility index (Phi) is 17.7. The fraction of sp³-hybridized carbons (Fsp3) is 0.737. The molecule has 0 unspecified atom stereocenters. The van der Waals surface area contributed by atoms with E-state index in [2.05, 4.69) is 29.8 Å². The highest BCUT2D eigenvalue weighted by Gasteiger charge is 2.43. The van der Waals surface area contributed by atoms with Gasteiger partial charge in [-0.05, 0) is 49.6 Å². The van der Waals surface area contributed by atoms with Crippen LogP contribution in [-0.4, -0.2) is 111 Å². The van der Waals surface area contributed by atoms with E-state index in [4.69, 9.17) is 9.47 Å². The number of hydrogen-bond acceptors (Lipinski definition) is 7. The van der Waals surface area contributed by atoms with Gasteiger partial charge in [-0.3, -0.25) is 19.2 Å². The number of likely N-dealkylation sites (tertiary alicyclic amines) is 1. The topological polar surface area (TPSA) is 129 Å². The molecule has 11 heteroatoms. The number of rotatable bonds is 20. The number of nitrogens with zero attached hydrogens (tertiary/aromatic N) is 2. The molecule has 1 aliphatic heterocycles. The highest BCUT2D eigenvalue weighted by Crippen LogP contribution is 2.29. The third-order valence-corrected chi connectivity index (χ3v) is 10.3. The Morgan fingerprint density at radius 3 is 2.10 bits per heavy atom. The summed E-state index contributed by atoms with van der Waals surface area (Å²) >= 11 is 0. The lowest BCUT2D eigenvalue weighted by Crippen LogP contribution is -2.59. The Morgan fingerprint density at radius 2 is 1.57 bits per heavy atom. The van der Waals surface area contributed by atoms with Crippen LogP contribution in [0.4, 0.5) is 0 Å². The molecule has 1 saturated heterocycles. The molecule has 0 spiro atoms. The van der Waals surface area contributed by atoms with Crippen molar-refractivity contribution in [3.63, 3.8) is 0 Å². The highest BCUT2D eigenvalue weighted by atomic mass is 16.5. The summed E-state index contributed by atoms with van der Waals surface area (Å²) in [5.74, 6) is -1.19. The Labute approximate surface area is 295 Å². The zero-order valence-corrected chi connectivity index (χ0v) is 32.0. The molecule has 11 nitrogen and oxygen atoms in total. The van der Waals surface area contributed by atoms with Gasteiger partial charge in [0.05, 0.1) is 42.7 Å². The summed E-state index contributed by atoms with van der Waals surface area (Å²) in [7, 11) is 6.66. The third kappa shape index (κ3) is 11.5. The molecule has 1 aromatic rings. The molecule has 1 aromatic carbocycles. The predicted molar refractivity (Wildman–Crippen MR) is 194 cm³/mol. The van der Waals surface area contributed by atoms with E-state index in [1.54, 1.807) is 33.2 Å². The first kappa shape index (κ1) is 42.1. The molecular formula is C38H65N5O6. The second kappa shape index (κ2) is 20.6. The SMILES string of the molecule is CC[C@H](C)[C@@H]([C@@H](CC(=O)N1CCC[C@H]1[C@H](OC)[C@@H](C)C(=O)NCCc1ccccc1)OC)N(C)C(=O)[C@@H](NC(=O)[C@@H](NC)C(C)C)C(C)C. The fourth-order valence-corrected chi connectivity index (χ4v) is 7.19. The van der Waals surface area contributed by atoms with Crippen LogP contribution in [0.1, 0.15) is 79.7 Å². The van der Waals surface area contributed by atoms with Crippen molar-refractivity contribution in [3.05, 3.63) is 35.9 Å². The summed E-state index contributed by atoms with van der Waals surface area (Å²) < 4.78 is 11.9. The minimum atomic E-state index is -0.738. The van der Waals surface area contributed by atoms with Crippen molar-refractivity contribution in [3.8, 4) is 0 Å². The molecule has 1 heterocycles. The minimum absolute atomic E-state index is 0.0108. The van der Waals surface area contributed by atoms with Crippen LogP contribution in [-0.2, 0) is 35.1 Å². The Hall–Kier alpha value is -3.02. The molecule has 49 heavy (non-hydrogen) atoms. The van der Waals surface area contributed by atoms with Crippen LogP contribution in [0.15, 0.2) is 30.3 Å². The molecule has 0 saturated carbocycles. The first-order chi connectivity index (χ1) is 23.2. The van der Waals surface area contributed by atoms with Gasteiger partial charge in [-0.15, -0.1) is 0 Å². The van der Waals surface area contributed by atoms with E-state index >= 15 is 0 Å². The number of likely N-dealkylation sites (N-methyl/N-ethyl adjacent to an activating group) is 2. The number of carbonyl (C=O) groups is 4. The highest BCUT2D eigenvalue weighted by molar-refractivity contribution is 5.90. The Bertz CT molecular complexity index is 1180. The van der Waals surface area contributed by atoms with Crippen molar-refractivity contribution in [2.75, 3.05) is 41.4 Å². The summed E-state index contributed by atoms with van der Waals surface area (Å²) in [6.45, 7) is 14.8. The van der Waals surface area contributed by atoms with Crippen LogP contribution in [0, 0.1) is 23.7 Å². The van der Waals surface area contributed by atoms with Crippen molar-refractivity contribution in [2.24, 2.45) is 23.7 Å². The van der Waals surface area contributed by atoms with E-state index in [0.29, 0.717) is 13.1 Å². The average Bonchev–Trinajstić information content (AvgIpc) is 3.56. The van der Waals surface area contributed by atoms with Crippen molar-refractivity contribution in [1.82, 2.24) is 25.8 Å². The number of amides is 4. The van der Waals surface area contributed by atoms with Gasteiger partial charge in [0.2, 0.25) is 23.6 Å². The lowest BCUT2D eigenvalue weighted by molar-refractivity contribution is -0.147. The molecule has 1 aliphatic rings. The van der Waals surface area contributed by atoms with Crippen LogP contribution >= 0.6 is 0 Å². The van der Waals surface area contributed by atoms with Crippen molar-refractivity contribution in [2.45, 2.75) is 117 Å². The van der Waals surface area contributed by atoms with Crippen LogP contribution < -0.4 is 16.0 Å². The molecule has 8 atom stereocenters. The van der Waals surface area contributed by atoms with Crippen LogP contribution in [0.5, 0.6) is 0 Å². The number of ether oxygens (including phenoxy) is 2. The second-order valence-electron chi connectivity index (χ2n) is 14.4. The molecule has 2 rings (SSSR count). The standard InChI is InChI=1S/C38H65N5O6/c1-12-26(6)34(42(9)38(47)33(25(4)5)41-37(46)32(39-8)24(2)3)30(48-10)23-31(44)43-22-16-19-29(43)35(49-11)27(7)36(45)40-21-20-28-17-14-13-15-18-28/h13-15,17-18,24-27,29-30,32-35,39H,12,16,19-23H2,1-11H3,(H,40,45)(H,41,46)/t26-,27+,29-,30+,32-,33-,34-,35+/m0/s1. The Morgan fingerprint density at radius 1 is 0.939 bits per heavy atom. The van der Waals surface area contributed by atoms with Gasteiger partial charge >= 0.3 is 0 Å². The van der Waals surface area contributed by atoms with Crippen molar-refractivity contribution < 1.29 is 28.7 Å². The molecule has 0 aliphatic carbocycles. The number of carbonyl (C=O) groups excluding carboxylic acids is 4. The van der Waals surface area contributed by atoms with Crippen LogP contribution in [0.2, 0.25) is 0 Å². The molecule has 278 valence electrons. The normalized spacial score (nSPS) is 19.1. The summed E-state index contributed by atoms with van der Waals surface area (Å²) in [5.41, 5.74) is 1.15. The maximum atomic E-state index is 14.1. The number of methoxy groups -OCH3 is 2. The lowest BCUT2D eigenvalue weighted by Gasteiger charge is -2.41. The third-order valence-electron chi connectivity index (χ3n) is 10.3. The van der Waals surface area contributed by atoms with Gasteiger partial charge in [-0.2, -0.15) is 0 Å². The zero-order valence-electron chi connectivity index (χ0n) is 32.0. The number of nitrogens with one attached hydrogen (secondary N) is 3. The molecule has 4 amide bonds. The first-order valence-corrected chi connectivity index (χ1v) is 18.1. The monoisotopic (exact) mass is 687 g/mol. The summed E-state index contributed by atoms with van der Waals surface area (Å²) in [4.78, 5) is 58.0. The van der Waals surface area contributed by atoms with E-state index < -0.39 is 36.3 Å². The van der Waals surface area contributed by atoms with E-state index in [1.165, 1.54) is 0 Å². The predicted octanol–water partition coefficient (Wildman–Crippen LogP) is 3.65. The quantitative estimate of drug-likeness (QED) is 0.191. The van der Waals surface area contributed by atoms with Gasteiger partial charge in [0.1, 0.15) is 6.04 Å². The largest absolute Gasteiger partial charge is 0.379 e. The van der Waals surface area contributed by atoms with Gasteiger partial charge < -0.3 is 35.2 Å². The van der Waals surface area contributed by atoms with Gasteiger partial charge in [-0.1, -0.05) is 85.2 Å². The fourth-order valence-electron chi connectivity index (χ4n) is 7.19. The Balaban J connectivity index is 2.20. The van der Waals surface area contributed by atoms with E-state index in [-0.39, 0.29) is 53.8 Å². The smallest absolute Gasteiger partial charge is 0.245 e. The van der Waals surface area contributed by atoms with Crippen LogP contribution in [0.25, 0.3) is 0 Å². The molecule has 0 aromatic heterocycles. The summed E-state index contributed by atoms with van der Waals surface area (Å²) in [5, 5.41) is 9.09. The average molecular weight is 688 g/mol. The lowest BCUT2D eigenvalue weighted by atomic mass is 9.89. The maximum absolute atomic E-state index is 14.1. The van der Waals surface area contributed by atoms with Gasteiger partial charge in [0, 0.05) is 34.4 Å². The van der Waals surface area contributed by atoms with Crippen molar-refractivity contribution in [1.29, 1.82) is 0 Å². The molecule has 3 N–H and O–H groups in total. The maximum Gasteiger partial charge on any atom is 0.245 e. The molecule has 1 fully saturated rings. The van der Waals surface area contributed by atoms with Gasteiger partial charge in [-0.25, -0.2) is 0 Å². The van der Waals surface area contributed by atoms with Gasteiger partial charge in [0.15, 0.2) is 0 Å². The van der Waals surface area contributed by atoms with Crippen LogP contribution in [0.3, 0.4) is 0 Å². The molecule has 0 radical (unpaired) electrons. The molecule has 0 bridgehead atoms.